The number of nitrogens with two attached hydrogens (primary N) is 2. The lowest BCUT2D eigenvalue weighted by molar-refractivity contribution is -0.123. The van der Waals surface area contributed by atoms with E-state index in [1.807, 2.05) is 0 Å². The summed E-state index contributed by atoms with van der Waals surface area (Å²) in [5.74, 6) is -0.737. The summed E-state index contributed by atoms with van der Waals surface area (Å²) >= 11 is 0.693. The number of aromatic nitrogens is 1. The van der Waals surface area contributed by atoms with Crippen molar-refractivity contribution in [2.75, 3.05) is 45.1 Å². The van der Waals surface area contributed by atoms with Gasteiger partial charge in [-0.15, -0.1) is 0 Å². The van der Waals surface area contributed by atoms with Crippen LogP contribution in [0.2, 0.25) is 0 Å². The van der Waals surface area contributed by atoms with Crippen molar-refractivity contribution in [3.8, 4) is 11.5 Å². The van der Waals surface area contributed by atoms with Crippen molar-refractivity contribution in [1.29, 1.82) is 0 Å². The highest BCUT2D eigenvalue weighted by molar-refractivity contribution is 7.09. The predicted molar refractivity (Wildman–Crippen MR) is 132 cm³/mol. The molecule has 12 nitrogen and oxygen atoms in total. The van der Waals surface area contributed by atoms with E-state index < -0.39 is 23.8 Å². The number of carbonyl (C=O) groups is 3. The van der Waals surface area contributed by atoms with Gasteiger partial charge in [0.15, 0.2) is 11.7 Å². The fraction of sp³-hybridized carbons (Fsp3) is 0.304. The van der Waals surface area contributed by atoms with Gasteiger partial charge in [-0.1, -0.05) is 0 Å². The normalized spacial score (nSPS) is 11.6. The highest BCUT2D eigenvalue weighted by Crippen LogP contribution is 2.40. The lowest BCUT2D eigenvalue weighted by atomic mass is 10.1. The first-order valence-corrected chi connectivity index (χ1v) is 11.4. The monoisotopic (exact) mass is 517 g/mol. The first kappa shape index (κ1) is 26.5. The third kappa shape index (κ3) is 5.42. The topological polar surface area (TPSA) is 172 Å². The van der Waals surface area contributed by atoms with Crippen molar-refractivity contribution in [2.24, 2.45) is 5.73 Å². The number of primary amides is 1. The summed E-state index contributed by atoms with van der Waals surface area (Å²) in [6, 6.07) is 6.71. The molecule has 13 heteroatoms. The zero-order chi connectivity index (χ0) is 26.4. The van der Waals surface area contributed by atoms with E-state index >= 15 is 0 Å². The molecule has 0 aliphatic heterocycles. The molecule has 0 saturated carbocycles. The summed E-state index contributed by atoms with van der Waals surface area (Å²) in [7, 11) is 4.40. The van der Waals surface area contributed by atoms with Gasteiger partial charge in [0.05, 0.1) is 32.2 Å². The zero-order valence-corrected chi connectivity index (χ0v) is 21.0. The molecule has 3 aromatic rings. The number of furan rings is 1. The molecule has 0 aliphatic carbocycles. The molecular formula is C23H27N5O7S. The number of hydrogen-bond donors (Lipinski definition) is 3. The maximum atomic E-state index is 14.0. The SMILES string of the molecule is COCCNC(=O)C(c1ccc(C)o1)N(C(=O)c1snc(C(N)=O)c1N)c1ccc(OC)cc1OC. The molecule has 1 unspecified atom stereocenters. The maximum Gasteiger partial charge on any atom is 0.273 e. The number of nitrogen functional groups attached to an aromatic ring is 1. The van der Waals surface area contributed by atoms with Crippen molar-refractivity contribution in [2.45, 2.75) is 13.0 Å². The maximum absolute atomic E-state index is 14.0. The number of nitrogens with zero attached hydrogens (tertiary/aromatic N) is 2. The third-order valence-electron chi connectivity index (χ3n) is 5.16. The van der Waals surface area contributed by atoms with Crippen LogP contribution in [0.25, 0.3) is 0 Å². The number of carbonyl (C=O) groups excluding carboxylic acids is 3. The molecule has 36 heavy (non-hydrogen) atoms. The Bertz CT molecular complexity index is 1260. The summed E-state index contributed by atoms with van der Waals surface area (Å²) in [6.45, 7) is 2.14. The first-order valence-electron chi connectivity index (χ1n) is 10.7. The Labute approximate surface area is 211 Å². The van der Waals surface area contributed by atoms with Gasteiger partial charge in [0.25, 0.3) is 17.7 Å². The van der Waals surface area contributed by atoms with Crippen LogP contribution in [0, 0.1) is 6.92 Å². The molecule has 192 valence electrons. The quantitative estimate of drug-likeness (QED) is 0.321. The summed E-state index contributed by atoms with van der Waals surface area (Å²) in [6.07, 6.45) is 0. The van der Waals surface area contributed by atoms with E-state index in [9.17, 15) is 14.4 Å². The van der Waals surface area contributed by atoms with E-state index in [4.69, 9.17) is 30.1 Å². The molecule has 2 aromatic heterocycles. The zero-order valence-electron chi connectivity index (χ0n) is 20.2. The molecule has 3 rings (SSSR count). The van der Waals surface area contributed by atoms with Crippen LogP contribution >= 0.6 is 11.5 Å². The third-order valence-corrected chi connectivity index (χ3v) is 6.01. The Kier molecular flexibility index (Phi) is 8.51. The Balaban J connectivity index is 2.23. The van der Waals surface area contributed by atoms with Crippen LogP contribution in [0.1, 0.15) is 37.7 Å². The van der Waals surface area contributed by atoms with Gasteiger partial charge in [-0.3, -0.25) is 19.3 Å². The average molecular weight is 518 g/mol. The van der Waals surface area contributed by atoms with Gasteiger partial charge in [-0.2, -0.15) is 4.37 Å². The number of hydrogen-bond acceptors (Lipinski definition) is 10. The highest BCUT2D eigenvalue weighted by atomic mass is 32.1. The molecule has 1 atom stereocenters. The van der Waals surface area contributed by atoms with Crippen LogP contribution in [0.3, 0.4) is 0 Å². The largest absolute Gasteiger partial charge is 0.497 e. The van der Waals surface area contributed by atoms with Crippen LogP contribution in [0.5, 0.6) is 11.5 Å². The van der Waals surface area contributed by atoms with Crippen molar-refractivity contribution in [1.82, 2.24) is 9.69 Å². The number of anilines is 2. The van der Waals surface area contributed by atoms with Crippen LogP contribution in [-0.2, 0) is 9.53 Å². The van der Waals surface area contributed by atoms with Gasteiger partial charge < -0.3 is 35.4 Å². The van der Waals surface area contributed by atoms with Gasteiger partial charge in [0, 0.05) is 19.7 Å². The Morgan fingerprint density at radius 1 is 1.17 bits per heavy atom. The van der Waals surface area contributed by atoms with E-state index in [2.05, 4.69) is 9.69 Å². The molecule has 3 amide bonds. The second kappa shape index (κ2) is 11.6. The predicted octanol–water partition coefficient (Wildman–Crippen LogP) is 1.89. The summed E-state index contributed by atoms with van der Waals surface area (Å²) in [5.41, 5.74) is 11.2. The second-order valence-corrected chi connectivity index (χ2v) is 8.26. The summed E-state index contributed by atoms with van der Waals surface area (Å²) < 4.78 is 25.5. The number of aryl methyl sites for hydroxylation is 1. The van der Waals surface area contributed by atoms with Crippen LogP contribution in [0.4, 0.5) is 11.4 Å². The smallest absolute Gasteiger partial charge is 0.273 e. The molecule has 0 bridgehead atoms. The van der Waals surface area contributed by atoms with E-state index in [0.29, 0.717) is 23.0 Å². The molecule has 0 radical (unpaired) electrons. The van der Waals surface area contributed by atoms with Gasteiger partial charge in [0.1, 0.15) is 27.9 Å². The van der Waals surface area contributed by atoms with Crippen molar-refractivity contribution in [3.05, 3.63) is 52.4 Å². The molecule has 5 N–H and O–H groups in total. The second-order valence-electron chi connectivity index (χ2n) is 7.49. The number of amides is 3. The van der Waals surface area contributed by atoms with Crippen molar-refractivity contribution < 1.29 is 33.0 Å². The van der Waals surface area contributed by atoms with E-state index in [1.54, 1.807) is 37.3 Å². The number of benzene rings is 1. The Morgan fingerprint density at radius 2 is 1.92 bits per heavy atom. The van der Waals surface area contributed by atoms with Gasteiger partial charge in [0.2, 0.25) is 0 Å². The van der Waals surface area contributed by atoms with Gasteiger partial charge >= 0.3 is 0 Å². The van der Waals surface area contributed by atoms with Crippen LogP contribution < -0.4 is 31.2 Å². The minimum absolute atomic E-state index is 0.0837. The van der Waals surface area contributed by atoms with E-state index in [1.165, 1.54) is 26.2 Å². The molecule has 0 aliphatic rings. The molecule has 2 heterocycles. The van der Waals surface area contributed by atoms with Gasteiger partial charge in [-0.05, 0) is 42.7 Å². The molecule has 0 spiro atoms. The fourth-order valence-corrected chi connectivity index (χ4v) is 4.18. The van der Waals surface area contributed by atoms with Crippen molar-refractivity contribution in [3.63, 3.8) is 0 Å². The van der Waals surface area contributed by atoms with Crippen LogP contribution in [0.15, 0.2) is 34.7 Å². The number of methoxy groups -OCH3 is 3. The first-order chi connectivity index (χ1) is 17.2. The molecule has 0 saturated heterocycles. The van der Waals surface area contributed by atoms with Crippen LogP contribution in [-0.4, -0.2) is 56.6 Å². The Morgan fingerprint density at radius 3 is 2.47 bits per heavy atom. The summed E-state index contributed by atoms with van der Waals surface area (Å²) in [4.78, 5) is 40.3. The lowest BCUT2D eigenvalue weighted by Gasteiger charge is -2.30. The highest BCUT2D eigenvalue weighted by Gasteiger charge is 2.39. The summed E-state index contributed by atoms with van der Waals surface area (Å²) in [5, 5.41) is 2.75. The van der Waals surface area contributed by atoms with Gasteiger partial charge in [-0.25, -0.2) is 0 Å². The molecular weight excluding hydrogens is 490 g/mol. The number of rotatable bonds is 11. The lowest BCUT2D eigenvalue weighted by Crippen LogP contribution is -2.44. The Hall–Kier alpha value is -4.10. The minimum atomic E-state index is -1.29. The fourth-order valence-electron chi connectivity index (χ4n) is 3.44. The number of nitrogens with one attached hydrogen (secondary N) is 1. The average Bonchev–Trinajstić information content (AvgIpc) is 3.47. The minimum Gasteiger partial charge on any atom is -0.497 e. The molecule has 1 aromatic carbocycles. The molecule has 0 fully saturated rings. The van der Waals surface area contributed by atoms with E-state index in [-0.39, 0.29) is 46.6 Å². The van der Waals surface area contributed by atoms with Crippen molar-refractivity contribution >= 4 is 40.6 Å². The standard InChI is InChI=1S/C23H27N5O7S/c1-12-5-8-15(35-12)19(22(30)26-9-10-32-2)28(14-7-6-13(33-3)11-16(14)34-4)23(31)20-17(24)18(21(25)29)27-36-20/h5-8,11,19H,9-10,24H2,1-4H3,(H2,25,29)(H,26,30). The number of ether oxygens (including phenoxy) is 3. The van der Waals surface area contributed by atoms with E-state index in [0.717, 1.165) is 0 Å².